The molecule has 0 unspecified atom stereocenters. The summed E-state index contributed by atoms with van der Waals surface area (Å²) in [5.41, 5.74) is -0.405. The Morgan fingerprint density at radius 2 is 0.718 bits per heavy atom. The van der Waals surface area contributed by atoms with Crippen molar-refractivity contribution in [2.24, 2.45) is 0 Å². The summed E-state index contributed by atoms with van der Waals surface area (Å²) in [7, 11) is 0. The molecule has 0 bridgehead atoms. The van der Waals surface area contributed by atoms with Crippen LogP contribution < -0.4 is 0 Å². The summed E-state index contributed by atoms with van der Waals surface area (Å²) in [5.74, 6) is -2.06. The number of imide groups is 4. The molecule has 0 atom stereocenters. The van der Waals surface area contributed by atoms with Crippen molar-refractivity contribution >= 4 is 47.3 Å². The van der Waals surface area contributed by atoms with Crippen LogP contribution in [-0.4, -0.2) is 92.0 Å². The lowest BCUT2D eigenvalue weighted by Gasteiger charge is -2.29. The maximum absolute atomic E-state index is 11.2. The summed E-state index contributed by atoms with van der Waals surface area (Å²) in [6.07, 6.45) is 12.1. The molecule has 208 valence electrons. The Hall–Kier alpha value is -4.48. The lowest BCUT2D eigenvalue weighted by molar-refractivity contribution is -0.142. The second kappa shape index (κ2) is 13.4. The van der Waals surface area contributed by atoms with E-state index in [0.717, 1.165) is 16.2 Å². The van der Waals surface area contributed by atoms with E-state index >= 15 is 0 Å². The van der Waals surface area contributed by atoms with Gasteiger partial charge in [0.05, 0.1) is 0 Å². The zero-order chi connectivity index (χ0) is 29.3. The van der Waals surface area contributed by atoms with Crippen LogP contribution in [0.15, 0.2) is 48.6 Å². The van der Waals surface area contributed by atoms with E-state index in [1.54, 1.807) is 0 Å². The Labute approximate surface area is 226 Å². The van der Waals surface area contributed by atoms with E-state index in [1.807, 2.05) is 27.7 Å². The van der Waals surface area contributed by atoms with Gasteiger partial charge < -0.3 is 0 Å². The first-order valence-corrected chi connectivity index (χ1v) is 12.4. The Morgan fingerprint density at radius 1 is 0.462 bits per heavy atom. The van der Waals surface area contributed by atoms with Crippen LogP contribution in [0.4, 0.5) is 0 Å². The third kappa shape index (κ3) is 8.25. The maximum atomic E-state index is 11.2. The van der Waals surface area contributed by atoms with Gasteiger partial charge in [-0.15, -0.1) is 0 Å². The van der Waals surface area contributed by atoms with Crippen LogP contribution in [0.2, 0.25) is 0 Å². The zero-order valence-corrected chi connectivity index (χ0v) is 22.4. The van der Waals surface area contributed by atoms with Crippen LogP contribution >= 0.6 is 0 Å². The molecule has 8 amide bonds. The van der Waals surface area contributed by atoms with Gasteiger partial charge in [0.25, 0.3) is 47.3 Å². The highest BCUT2D eigenvalue weighted by atomic mass is 16.2. The predicted octanol–water partition coefficient (Wildman–Crippen LogP) is 0.648. The minimum absolute atomic E-state index is 0.188. The van der Waals surface area contributed by atoms with Crippen LogP contribution in [0.1, 0.15) is 47.0 Å². The van der Waals surface area contributed by atoms with Crippen LogP contribution in [0.25, 0.3) is 0 Å². The molecule has 0 radical (unpaired) electrons. The lowest BCUT2D eigenvalue weighted by Crippen LogP contribution is -2.45. The van der Waals surface area contributed by atoms with Crippen molar-refractivity contribution in [1.29, 1.82) is 0 Å². The van der Waals surface area contributed by atoms with Gasteiger partial charge in [0.15, 0.2) is 0 Å². The van der Waals surface area contributed by atoms with Crippen LogP contribution in [0.5, 0.6) is 0 Å². The van der Waals surface area contributed by atoms with Crippen LogP contribution in [0, 0.1) is 0 Å². The van der Waals surface area contributed by atoms with Gasteiger partial charge in [-0.25, -0.2) is 0 Å². The smallest absolute Gasteiger partial charge is 0.254 e. The second-order valence-corrected chi connectivity index (χ2v) is 9.71. The van der Waals surface area contributed by atoms with E-state index in [0.29, 0.717) is 32.5 Å². The highest BCUT2D eigenvalue weighted by molar-refractivity contribution is 6.14. The Bertz CT molecular complexity index is 1070. The molecule has 0 spiro atoms. The summed E-state index contributed by atoms with van der Waals surface area (Å²) in [6, 6.07) is 0. The molecule has 4 heterocycles. The molecular formula is C27H32N4O8. The van der Waals surface area contributed by atoms with Gasteiger partial charge in [-0.3, -0.25) is 58.0 Å². The van der Waals surface area contributed by atoms with Crippen LogP contribution in [0.3, 0.4) is 0 Å². The number of carbonyl (C=O) groups excluding carboxylic acids is 8. The highest BCUT2D eigenvalue weighted by Crippen LogP contribution is 2.18. The van der Waals surface area contributed by atoms with Gasteiger partial charge in [0.2, 0.25) is 0 Å². The summed E-state index contributed by atoms with van der Waals surface area (Å²) >= 11 is 0. The van der Waals surface area contributed by atoms with Crippen molar-refractivity contribution in [2.75, 3.05) is 19.6 Å². The van der Waals surface area contributed by atoms with Crippen molar-refractivity contribution in [3.05, 3.63) is 48.6 Å². The van der Waals surface area contributed by atoms with Crippen molar-refractivity contribution in [3.63, 3.8) is 0 Å². The van der Waals surface area contributed by atoms with Gasteiger partial charge in [0, 0.05) is 73.8 Å². The normalized spacial score (nSPS) is 18.2. The molecule has 0 aromatic carbocycles. The largest absolute Gasteiger partial charge is 0.275 e. The first kappa shape index (κ1) is 30.7. The van der Waals surface area contributed by atoms with Crippen molar-refractivity contribution in [3.8, 4) is 0 Å². The quantitative estimate of drug-likeness (QED) is 0.337. The minimum atomic E-state index is -0.405. The van der Waals surface area contributed by atoms with Crippen molar-refractivity contribution in [1.82, 2.24) is 19.6 Å². The predicted molar refractivity (Wildman–Crippen MR) is 138 cm³/mol. The Morgan fingerprint density at radius 3 is 0.949 bits per heavy atom. The average molecular weight is 541 g/mol. The Balaban J connectivity index is 0.000000219. The molecular weight excluding hydrogens is 508 g/mol. The van der Waals surface area contributed by atoms with E-state index < -0.39 is 5.54 Å². The number of hydrogen-bond acceptors (Lipinski definition) is 8. The number of carbonyl (C=O) groups is 8. The second-order valence-electron chi connectivity index (χ2n) is 9.71. The molecule has 0 saturated heterocycles. The minimum Gasteiger partial charge on any atom is -0.275 e. The zero-order valence-electron chi connectivity index (χ0n) is 22.4. The maximum Gasteiger partial charge on any atom is 0.254 e. The molecule has 4 aliphatic rings. The molecule has 0 fully saturated rings. The lowest BCUT2D eigenvalue weighted by atomic mass is 10.1. The molecule has 39 heavy (non-hydrogen) atoms. The van der Waals surface area contributed by atoms with Crippen LogP contribution in [-0.2, 0) is 38.4 Å². The van der Waals surface area contributed by atoms with E-state index in [1.165, 1.54) is 58.4 Å². The monoisotopic (exact) mass is 540 g/mol. The Kier molecular flexibility index (Phi) is 10.5. The van der Waals surface area contributed by atoms with Gasteiger partial charge >= 0.3 is 0 Å². The SMILES string of the molecule is CC(C)(C)N1C(=O)C=CC1=O.CCCN1C(=O)C=CC1=O.O=C1C=CC(=O)N1CCCCN1C(=O)C=CC1=O. The third-order valence-electron chi connectivity index (χ3n) is 5.64. The topological polar surface area (TPSA) is 150 Å². The van der Waals surface area contributed by atoms with Gasteiger partial charge in [0.1, 0.15) is 0 Å². The number of hydrogen-bond donors (Lipinski definition) is 0. The number of nitrogens with zero attached hydrogens (tertiary/aromatic N) is 4. The molecule has 4 aliphatic heterocycles. The first-order chi connectivity index (χ1) is 18.3. The van der Waals surface area contributed by atoms with E-state index in [9.17, 15) is 38.4 Å². The van der Waals surface area contributed by atoms with E-state index in [4.69, 9.17) is 0 Å². The van der Waals surface area contributed by atoms with Gasteiger partial charge in [-0.05, 0) is 40.0 Å². The van der Waals surface area contributed by atoms with Crippen molar-refractivity contribution in [2.45, 2.75) is 52.5 Å². The van der Waals surface area contributed by atoms with E-state index in [-0.39, 0.29) is 47.3 Å². The molecule has 0 aromatic rings. The molecule has 0 N–H and O–H groups in total. The summed E-state index contributed by atoms with van der Waals surface area (Å²) in [4.78, 5) is 93.4. The summed E-state index contributed by atoms with van der Waals surface area (Å²) < 4.78 is 0. The fourth-order valence-corrected chi connectivity index (χ4v) is 3.78. The third-order valence-corrected chi connectivity index (χ3v) is 5.64. The molecule has 0 aliphatic carbocycles. The molecule has 0 saturated carbocycles. The highest BCUT2D eigenvalue weighted by Gasteiger charge is 2.33. The molecule has 0 aromatic heterocycles. The molecule has 12 heteroatoms. The van der Waals surface area contributed by atoms with Gasteiger partial charge in [-0.2, -0.15) is 0 Å². The van der Waals surface area contributed by atoms with E-state index in [2.05, 4.69) is 0 Å². The summed E-state index contributed by atoms with van der Waals surface area (Å²) in [6.45, 7) is 8.58. The first-order valence-electron chi connectivity index (χ1n) is 12.4. The van der Waals surface area contributed by atoms with Crippen molar-refractivity contribution < 1.29 is 38.4 Å². The number of rotatable bonds is 7. The molecule has 4 rings (SSSR count). The fraction of sp³-hybridized carbons (Fsp3) is 0.407. The molecule has 12 nitrogen and oxygen atoms in total. The standard InChI is InChI=1S/C12H12N2O4.C8H11NO2.C7H9NO2/c15-9-3-4-10(16)13(9)7-1-2-8-14-11(17)5-6-12(14)18;1-8(2,3)9-6(10)4-5-7(9)11;1-2-5-8-6(9)3-4-7(8)10/h3-6H,1-2,7-8H2;4-5H,1-3H3;3-4H,2,5H2,1H3. The average Bonchev–Trinajstić information content (AvgIpc) is 3.57. The van der Waals surface area contributed by atoms with Gasteiger partial charge in [-0.1, -0.05) is 6.92 Å². The number of amides is 8. The fourth-order valence-electron chi connectivity index (χ4n) is 3.78. The number of unbranched alkanes of at least 4 members (excludes halogenated alkanes) is 1. The summed E-state index contributed by atoms with van der Waals surface area (Å²) in [5, 5.41) is 0.